The summed E-state index contributed by atoms with van der Waals surface area (Å²) in [5.74, 6) is -1.80. The highest BCUT2D eigenvalue weighted by atomic mass is 16.6. The number of carbonyl (C=O) groups is 2. The average molecular weight is 376 g/mol. The highest BCUT2D eigenvalue weighted by molar-refractivity contribution is 5.99. The first-order valence-corrected chi connectivity index (χ1v) is 7.92. The number of ether oxygens (including phenoxy) is 1. The minimum Gasteiger partial charge on any atom is -0.495 e. The number of hydrogen-bond acceptors (Lipinski definition) is 7. The first-order valence-electron chi connectivity index (χ1n) is 7.92. The fourth-order valence-electron chi connectivity index (χ4n) is 2.15. The van der Waals surface area contributed by atoms with E-state index >= 15 is 0 Å². The van der Waals surface area contributed by atoms with Crippen LogP contribution in [0.25, 0.3) is 0 Å². The fraction of sp³-hybridized carbons (Fsp3) is 0.353. The minimum atomic E-state index is -1.21. The van der Waals surface area contributed by atoms with Crippen molar-refractivity contribution < 1.29 is 24.4 Å². The molecule has 1 unspecified atom stereocenters. The number of hydrogen-bond donors (Lipinski definition) is 3. The molecule has 0 aliphatic carbocycles. The van der Waals surface area contributed by atoms with Crippen LogP contribution in [0.4, 0.5) is 11.4 Å². The van der Waals surface area contributed by atoms with Crippen LogP contribution in [-0.2, 0) is 9.59 Å². The number of non-ortho nitro benzene ring substituents is 1. The van der Waals surface area contributed by atoms with Crippen LogP contribution in [0.1, 0.15) is 20.3 Å². The standard InChI is InChI=1S/C17H20N4O6/c1-10(2)6-14(17(23)24)20-16(22)11(8-18)9-19-13-7-12(21(25)26)4-5-15(13)27-3/h4-5,7,9-10,14,19H,6H2,1-3H3,(H,20,22)(H,23,24)/b11-9-. The van der Waals surface area contributed by atoms with E-state index < -0.39 is 28.4 Å². The number of nitrogens with one attached hydrogen (secondary N) is 2. The van der Waals surface area contributed by atoms with Gasteiger partial charge in [0.25, 0.3) is 11.6 Å². The summed E-state index contributed by atoms with van der Waals surface area (Å²) < 4.78 is 5.07. The van der Waals surface area contributed by atoms with Crippen LogP contribution < -0.4 is 15.4 Å². The summed E-state index contributed by atoms with van der Waals surface area (Å²) in [4.78, 5) is 33.7. The second-order valence-electron chi connectivity index (χ2n) is 5.95. The number of benzene rings is 1. The Labute approximate surface area is 155 Å². The number of anilines is 1. The molecule has 0 heterocycles. The second kappa shape index (κ2) is 9.76. The van der Waals surface area contributed by atoms with E-state index in [9.17, 15) is 30.1 Å². The zero-order valence-electron chi connectivity index (χ0n) is 15.1. The van der Waals surface area contributed by atoms with Crippen molar-refractivity contribution in [3.05, 3.63) is 40.1 Å². The van der Waals surface area contributed by atoms with E-state index in [0.717, 1.165) is 6.20 Å². The predicted octanol–water partition coefficient (Wildman–Crippen LogP) is 2.04. The van der Waals surface area contributed by atoms with Crippen LogP contribution in [0.3, 0.4) is 0 Å². The monoisotopic (exact) mass is 376 g/mol. The Balaban J connectivity index is 3.02. The third-order valence-electron chi connectivity index (χ3n) is 3.44. The van der Waals surface area contributed by atoms with E-state index in [1.807, 2.05) is 0 Å². The lowest BCUT2D eigenvalue weighted by molar-refractivity contribution is -0.384. The maximum Gasteiger partial charge on any atom is 0.326 e. The van der Waals surface area contributed by atoms with Gasteiger partial charge in [-0.25, -0.2) is 4.79 Å². The van der Waals surface area contributed by atoms with Crippen LogP contribution in [-0.4, -0.2) is 35.1 Å². The molecule has 1 atom stereocenters. The van der Waals surface area contributed by atoms with Crippen LogP contribution in [0.5, 0.6) is 5.75 Å². The molecule has 27 heavy (non-hydrogen) atoms. The molecule has 1 aromatic carbocycles. The number of nitro groups is 1. The highest BCUT2D eigenvalue weighted by Gasteiger charge is 2.23. The predicted molar refractivity (Wildman–Crippen MR) is 96.0 cm³/mol. The summed E-state index contributed by atoms with van der Waals surface area (Å²) >= 11 is 0. The third-order valence-corrected chi connectivity index (χ3v) is 3.44. The number of nitriles is 1. The van der Waals surface area contributed by atoms with Gasteiger partial charge in [-0.1, -0.05) is 13.8 Å². The Morgan fingerprint density at radius 2 is 2.11 bits per heavy atom. The molecule has 0 saturated carbocycles. The molecule has 0 fully saturated rings. The van der Waals surface area contributed by atoms with Gasteiger partial charge in [0.15, 0.2) is 0 Å². The summed E-state index contributed by atoms with van der Waals surface area (Å²) in [6, 6.07) is 4.32. The first-order chi connectivity index (χ1) is 12.7. The minimum absolute atomic E-state index is 0.0215. The summed E-state index contributed by atoms with van der Waals surface area (Å²) in [5, 5.41) is 34.1. The maximum absolute atomic E-state index is 12.2. The molecule has 0 aliphatic heterocycles. The zero-order chi connectivity index (χ0) is 20.6. The molecule has 0 aromatic heterocycles. The highest BCUT2D eigenvalue weighted by Crippen LogP contribution is 2.29. The molecule has 0 saturated heterocycles. The van der Waals surface area contributed by atoms with Crippen molar-refractivity contribution in [2.45, 2.75) is 26.3 Å². The number of amides is 1. The average Bonchev–Trinajstić information content (AvgIpc) is 2.60. The van der Waals surface area contributed by atoms with Crippen molar-refractivity contribution in [1.82, 2.24) is 5.32 Å². The second-order valence-corrected chi connectivity index (χ2v) is 5.95. The molecule has 3 N–H and O–H groups in total. The molecule has 0 spiro atoms. The van der Waals surface area contributed by atoms with Crippen LogP contribution in [0.15, 0.2) is 30.0 Å². The number of methoxy groups -OCH3 is 1. The molecule has 0 radical (unpaired) electrons. The van der Waals surface area contributed by atoms with E-state index in [-0.39, 0.29) is 29.5 Å². The quantitative estimate of drug-likeness (QED) is 0.256. The summed E-state index contributed by atoms with van der Waals surface area (Å²) in [6.07, 6.45) is 1.23. The van der Waals surface area contributed by atoms with Crippen molar-refractivity contribution in [2.75, 3.05) is 12.4 Å². The van der Waals surface area contributed by atoms with Gasteiger partial charge in [0.05, 0.1) is 17.7 Å². The SMILES string of the molecule is COc1ccc([N+](=O)[O-])cc1N/C=C(/C#N)C(=O)NC(CC(C)C)C(=O)O. The van der Waals surface area contributed by atoms with Crippen LogP contribution >= 0.6 is 0 Å². The van der Waals surface area contributed by atoms with Gasteiger partial charge in [-0.2, -0.15) is 5.26 Å². The maximum atomic E-state index is 12.2. The number of rotatable bonds is 9. The van der Waals surface area contributed by atoms with Gasteiger partial charge in [0.1, 0.15) is 23.4 Å². The normalized spacial score (nSPS) is 12.0. The number of carboxylic acids is 1. The Bertz CT molecular complexity index is 797. The molecule has 1 rings (SSSR count). The molecule has 10 nitrogen and oxygen atoms in total. The number of carbonyl (C=O) groups excluding carboxylic acids is 1. The van der Waals surface area contributed by atoms with Crippen molar-refractivity contribution in [3.63, 3.8) is 0 Å². The van der Waals surface area contributed by atoms with E-state index in [1.165, 1.54) is 25.3 Å². The Morgan fingerprint density at radius 3 is 2.59 bits per heavy atom. The summed E-state index contributed by atoms with van der Waals surface area (Å²) in [7, 11) is 1.36. The van der Waals surface area contributed by atoms with Crippen molar-refractivity contribution in [1.29, 1.82) is 5.26 Å². The van der Waals surface area contributed by atoms with E-state index in [4.69, 9.17) is 4.74 Å². The van der Waals surface area contributed by atoms with E-state index in [1.54, 1.807) is 19.9 Å². The van der Waals surface area contributed by atoms with E-state index in [2.05, 4.69) is 10.6 Å². The third kappa shape index (κ3) is 6.32. The van der Waals surface area contributed by atoms with Crippen LogP contribution in [0, 0.1) is 27.4 Å². The van der Waals surface area contributed by atoms with Gasteiger partial charge in [-0.3, -0.25) is 14.9 Å². The molecule has 0 bridgehead atoms. The molecule has 1 amide bonds. The lowest BCUT2D eigenvalue weighted by Gasteiger charge is -2.16. The largest absolute Gasteiger partial charge is 0.495 e. The first kappa shape index (κ1) is 21.4. The number of carboxylic acid groups (broad SMARTS) is 1. The van der Waals surface area contributed by atoms with Gasteiger partial charge in [-0.15, -0.1) is 0 Å². The Kier molecular flexibility index (Phi) is 7.75. The molecule has 10 heteroatoms. The molecule has 0 aliphatic rings. The lowest BCUT2D eigenvalue weighted by Crippen LogP contribution is -2.42. The number of aliphatic carboxylic acids is 1. The topological polar surface area (TPSA) is 155 Å². The molecule has 1 aromatic rings. The lowest BCUT2D eigenvalue weighted by atomic mass is 10.0. The van der Waals surface area contributed by atoms with Gasteiger partial charge in [0, 0.05) is 18.3 Å². The van der Waals surface area contributed by atoms with Crippen LogP contribution in [0.2, 0.25) is 0 Å². The van der Waals surface area contributed by atoms with Crippen molar-refractivity contribution in [3.8, 4) is 11.8 Å². The molecular formula is C17H20N4O6. The van der Waals surface area contributed by atoms with Gasteiger partial charge >= 0.3 is 5.97 Å². The smallest absolute Gasteiger partial charge is 0.326 e. The van der Waals surface area contributed by atoms with Crippen molar-refractivity contribution in [2.24, 2.45) is 5.92 Å². The zero-order valence-corrected chi connectivity index (χ0v) is 15.1. The summed E-state index contributed by atoms with van der Waals surface area (Å²) in [6.45, 7) is 3.61. The summed E-state index contributed by atoms with van der Waals surface area (Å²) in [5.41, 5.74) is -0.430. The van der Waals surface area contributed by atoms with Crippen molar-refractivity contribution >= 4 is 23.3 Å². The van der Waals surface area contributed by atoms with Gasteiger partial charge < -0.3 is 20.5 Å². The van der Waals surface area contributed by atoms with Gasteiger partial charge in [-0.05, 0) is 18.4 Å². The van der Waals surface area contributed by atoms with Gasteiger partial charge in [0.2, 0.25) is 0 Å². The van der Waals surface area contributed by atoms with E-state index in [0.29, 0.717) is 0 Å². The number of nitro benzene ring substituents is 1. The molecular weight excluding hydrogens is 356 g/mol. The number of nitrogens with zero attached hydrogens (tertiary/aromatic N) is 2. The molecule has 144 valence electrons. The Hall–Kier alpha value is -3.61. The fourth-order valence-corrected chi connectivity index (χ4v) is 2.15. The Morgan fingerprint density at radius 1 is 1.44 bits per heavy atom.